The Morgan fingerprint density at radius 3 is 3.00 bits per heavy atom. The number of benzene rings is 1. The minimum atomic E-state index is -0.402. The van der Waals surface area contributed by atoms with E-state index in [1.54, 1.807) is 31.2 Å². The molecule has 1 saturated heterocycles. The number of urea groups is 1. The molecule has 1 unspecified atom stereocenters. The predicted octanol–water partition coefficient (Wildman–Crippen LogP) is 2.16. The molecule has 2 amide bonds. The van der Waals surface area contributed by atoms with E-state index in [4.69, 9.17) is 9.47 Å². The van der Waals surface area contributed by atoms with Gasteiger partial charge in [0.15, 0.2) is 0 Å². The molecule has 1 aliphatic heterocycles. The maximum atomic E-state index is 11.8. The molecule has 0 spiro atoms. The molecule has 1 heterocycles. The number of nitrogens with one attached hydrogen (secondary N) is 2. The van der Waals surface area contributed by atoms with Crippen molar-refractivity contribution in [3.8, 4) is 0 Å². The molecule has 1 atom stereocenters. The van der Waals surface area contributed by atoms with Gasteiger partial charge in [-0.2, -0.15) is 0 Å². The van der Waals surface area contributed by atoms with Gasteiger partial charge in [-0.3, -0.25) is 0 Å². The van der Waals surface area contributed by atoms with Crippen molar-refractivity contribution < 1.29 is 19.1 Å². The standard InChI is InChI=1S/C15H20N2O4/c1-2-20-14(18)11-5-3-6-12(9-11)17-15(19)16-10-13-7-4-8-21-13/h3,5-6,9,13H,2,4,7-8,10H2,1H3,(H2,16,17,19). The molecule has 2 rings (SSSR count). The molecule has 0 aliphatic carbocycles. The van der Waals surface area contributed by atoms with Crippen molar-refractivity contribution in [2.75, 3.05) is 25.1 Å². The normalized spacial score (nSPS) is 17.3. The molecule has 1 fully saturated rings. The molecule has 0 bridgehead atoms. The van der Waals surface area contributed by atoms with Gasteiger partial charge < -0.3 is 20.1 Å². The van der Waals surface area contributed by atoms with E-state index in [9.17, 15) is 9.59 Å². The summed E-state index contributed by atoms with van der Waals surface area (Å²) in [5, 5.41) is 5.45. The van der Waals surface area contributed by atoms with E-state index in [1.807, 2.05) is 0 Å². The van der Waals surface area contributed by atoms with Gasteiger partial charge in [-0.1, -0.05) is 6.07 Å². The smallest absolute Gasteiger partial charge is 0.338 e. The van der Waals surface area contributed by atoms with Crippen LogP contribution in [0.4, 0.5) is 10.5 Å². The first-order chi connectivity index (χ1) is 10.2. The molecule has 1 aliphatic rings. The van der Waals surface area contributed by atoms with Crippen LogP contribution >= 0.6 is 0 Å². The lowest BCUT2D eigenvalue weighted by Crippen LogP contribution is -2.35. The Morgan fingerprint density at radius 1 is 1.43 bits per heavy atom. The lowest BCUT2D eigenvalue weighted by Gasteiger charge is -2.12. The molecule has 2 N–H and O–H groups in total. The van der Waals surface area contributed by atoms with Gasteiger partial charge in [-0.25, -0.2) is 9.59 Å². The number of rotatable bonds is 5. The summed E-state index contributed by atoms with van der Waals surface area (Å²) in [4.78, 5) is 23.4. The van der Waals surface area contributed by atoms with Crippen molar-refractivity contribution in [3.05, 3.63) is 29.8 Å². The van der Waals surface area contributed by atoms with Crippen LogP contribution in [-0.2, 0) is 9.47 Å². The molecule has 0 radical (unpaired) electrons. The topological polar surface area (TPSA) is 76.7 Å². The van der Waals surface area contributed by atoms with E-state index < -0.39 is 5.97 Å². The van der Waals surface area contributed by atoms with Crippen molar-refractivity contribution >= 4 is 17.7 Å². The Balaban J connectivity index is 1.85. The third kappa shape index (κ3) is 4.75. The Morgan fingerprint density at radius 2 is 2.29 bits per heavy atom. The van der Waals surface area contributed by atoms with Gasteiger partial charge in [0.05, 0.1) is 18.3 Å². The summed E-state index contributed by atoms with van der Waals surface area (Å²) in [7, 11) is 0. The van der Waals surface area contributed by atoms with Crippen LogP contribution in [0.5, 0.6) is 0 Å². The Kier molecular flexibility index (Phi) is 5.57. The number of hydrogen-bond donors (Lipinski definition) is 2. The van der Waals surface area contributed by atoms with E-state index in [2.05, 4.69) is 10.6 Å². The van der Waals surface area contributed by atoms with Crippen molar-refractivity contribution in [2.24, 2.45) is 0 Å². The summed E-state index contributed by atoms with van der Waals surface area (Å²) in [6, 6.07) is 6.33. The molecular weight excluding hydrogens is 272 g/mol. The Hall–Kier alpha value is -2.08. The van der Waals surface area contributed by atoms with Crippen LogP contribution in [0.2, 0.25) is 0 Å². The fourth-order valence-electron chi connectivity index (χ4n) is 2.13. The molecule has 1 aromatic rings. The lowest BCUT2D eigenvalue weighted by atomic mass is 10.2. The highest BCUT2D eigenvalue weighted by Crippen LogP contribution is 2.13. The van der Waals surface area contributed by atoms with Gasteiger partial charge in [-0.05, 0) is 38.0 Å². The van der Waals surface area contributed by atoms with Crippen LogP contribution in [-0.4, -0.2) is 37.9 Å². The van der Waals surface area contributed by atoms with Crippen LogP contribution < -0.4 is 10.6 Å². The zero-order valence-corrected chi connectivity index (χ0v) is 12.1. The van der Waals surface area contributed by atoms with Gasteiger partial charge in [0.1, 0.15) is 0 Å². The fraction of sp³-hybridized carbons (Fsp3) is 0.467. The molecule has 114 valence electrons. The maximum Gasteiger partial charge on any atom is 0.338 e. The van der Waals surface area contributed by atoms with E-state index in [1.165, 1.54) is 0 Å². The van der Waals surface area contributed by atoms with Gasteiger partial charge in [0.2, 0.25) is 0 Å². The molecular formula is C15H20N2O4. The molecule has 6 nitrogen and oxygen atoms in total. The Labute approximate surface area is 123 Å². The second-order valence-electron chi connectivity index (χ2n) is 4.77. The third-order valence-corrected chi connectivity index (χ3v) is 3.15. The number of carbonyl (C=O) groups excluding carboxylic acids is 2. The average molecular weight is 292 g/mol. The zero-order valence-electron chi connectivity index (χ0n) is 12.1. The molecule has 21 heavy (non-hydrogen) atoms. The highest BCUT2D eigenvalue weighted by Gasteiger charge is 2.16. The number of amides is 2. The fourth-order valence-corrected chi connectivity index (χ4v) is 2.13. The number of ether oxygens (including phenoxy) is 2. The maximum absolute atomic E-state index is 11.8. The summed E-state index contributed by atoms with van der Waals surface area (Å²) >= 11 is 0. The number of anilines is 1. The molecule has 6 heteroatoms. The van der Waals surface area contributed by atoms with E-state index in [-0.39, 0.29) is 12.1 Å². The molecule has 1 aromatic carbocycles. The van der Waals surface area contributed by atoms with Gasteiger partial charge in [0, 0.05) is 18.8 Å². The Bertz CT molecular complexity index is 498. The predicted molar refractivity (Wildman–Crippen MR) is 78.4 cm³/mol. The molecule has 0 saturated carbocycles. The minimum absolute atomic E-state index is 0.0987. The second-order valence-corrected chi connectivity index (χ2v) is 4.77. The SMILES string of the molecule is CCOC(=O)c1cccc(NC(=O)NCC2CCCO2)c1. The number of carbonyl (C=O) groups is 2. The van der Waals surface area contributed by atoms with Crippen molar-refractivity contribution in [1.82, 2.24) is 5.32 Å². The monoisotopic (exact) mass is 292 g/mol. The van der Waals surface area contributed by atoms with Crippen molar-refractivity contribution in [2.45, 2.75) is 25.9 Å². The van der Waals surface area contributed by atoms with E-state index in [0.717, 1.165) is 19.4 Å². The number of esters is 1. The highest BCUT2D eigenvalue weighted by molar-refractivity contribution is 5.93. The quantitative estimate of drug-likeness (QED) is 0.815. The number of hydrogen-bond acceptors (Lipinski definition) is 4. The van der Waals surface area contributed by atoms with Crippen LogP contribution in [0.25, 0.3) is 0 Å². The third-order valence-electron chi connectivity index (χ3n) is 3.15. The van der Waals surface area contributed by atoms with Gasteiger partial charge in [0.25, 0.3) is 0 Å². The first-order valence-corrected chi connectivity index (χ1v) is 7.12. The first kappa shape index (κ1) is 15.3. The van der Waals surface area contributed by atoms with Crippen molar-refractivity contribution in [1.29, 1.82) is 0 Å². The van der Waals surface area contributed by atoms with Gasteiger partial charge >= 0.3 is 12.0 Å². The van der Waals surface area contributed by atoms with E-state index in [0.29, 0.717) is 24.4 Å². The first-order valence-electron chi connectivity index (χ1n) is 7.12. The second kappa shape index (κ2) is 7.64. The summed E-state index contributed by atoms with van der Waals surface area (Å²) in [6.45, 7) is 3.32. The summed E-state index contributed by atoms with van der Waals surface area (Å²) < 4.78 is 10.3. The largest absolute Gasteiger partial charge is 0.462 e. The summed E-state index contributed by atoms with van der Waals surface area (Å²) in [6.07, 6.45) is 2.11. The minimum Gasteiger partial charge on any atom is -0.462 e. The highest BCUT2D eigenvalue weighted by atomic mass is 16.5. The van der Waals surface area contributed by atoms with Crippen LogP contribution in [0.3, 0.4) is 0 Å². The van der Waals surface area contributed by atoms with Crippen LogP contribution in [0, 0.1) is 0 Å². The van der Waals surface area contributed by atoms with Crippen molar-refractivity contribution in [3.63, 3.8) is 0 Å². The summed E-state index contributed by atoms with van der Waals surface area (Å²) in [5.74, 6) is -0.402. The average Bonchev–Trinajstić information content (AvgIpc) is 2.99. The zero-order chi connectivity index (χ0) is 15.1. The van der Waals surface area contributed by atoms with Crippen LogP contribution in [0.15, 0.2) is 24.3 Å². The van der Waals surface area contributed by atoms with Crippen LogP contribution in [0.1, 0.15) is 30.1 Å². The van der Waals surface area contributed by atoms with E-state index >= 15 is 0 Å². The van der Waals surface area contributed by atoms with Gasteiger partial charge in [-0.15, -0.1) is 0 Å². The summed E-state index contributed by atoms with van der Waals surface area (Å²) in [5.41, 5.74) is 0.958. The molecule has 0 aromatic heterocycles. The lowest BCUT2D eigenvalue weighted by molar-refractivity contribution is 0.0526.